The first-order valence-electron chi connectivity index (χ1n) is 20.6. The number of piperazine rings is 1. The Morgan fingerprint density at radius 2 is 1.38 bits per heavy atom. The fourth-order valence-electron chi connectivity index (χ4n) is 8.90. The van der Waals surface area contributed by atoms with Crippen LogP contribution in [-0.4, -0.2) is 103 Å². The van der Waals surface area contributed by atoms with Crippen molar-refractivity contribution in [3.8, 4) is 5.75 Å². The van der Waals surface area contributed by atoms with Crippen molar-refractivity contribution in [1.82, 2.24) is 20.0 Å². The van der Waals surface area contributed by atoms with Crippen LogP contribution in [0, 0.1) is 5.92 Å². The molecule has 0 saturated carbocycles. The third-order valence-corrected chi connectivity index (χ3v) is 12.4. The first-order valence-corrected chi connectivity index (χ1v) is 21.0. The molecule has 11 heteroatoms. The Morgan fingerprint density at radius 1 is 0.724 bits per heavy atom. The molecule has 3 fully saturated rings. The predicted octanol–water partition coefficient (Wildman–Crippen LogP) is 7.02. The van der Waals surface area contributed by atoms with Crippen LogP contribution in [0.25, 0.3) is 11.1 Å². The minimum atomic E-state index is -0.957. The molecular weight excluding hydrogens is 750 g/mol. The van der Waals surface area contributed by atoms with E-state index in [4.69, 9.17) is 16.3 Å². The number of carbonyl (C=O) groups excluding carboxylic acids is 4. The van der Waals surface area contributed by atoms with E-state index in [-0.39, 0.29) is 18.7 Å². The van der Waals surface area contributed by atoms with E-state index < -0.39 is 23.8 Å². The second kappa shape index (κ2) is 17.7. The van der Waals surface area contributed by atoms with E-state index in [9.17, 15) is 19.2 Å². The smallest absolute Gasteiger partial charge is 0.262 e. The number of anilines is 1. The molecule has 4 amide bonds. The molecule has 4 heterocycles. The average Bonchev–Trinajstić information content (AvgIpc) is 3.49. The van der Waals surface area contributed by atoms with Gasteiger partial charge >= 0.3 is 0 Å². The molecule has 1 atom stereocenters. The number of fused-ring (bicyclic) bond motifs is 1. The number of amides is 4. The normalized spacial score (nSPS) is 19.9. The molecule has 1 N–H and O–H groups in total. The van der Waals surface area contributed by atoms with E-state index in [1.165, 1.54) is 16.7 Å². The van der Waals surface area contributed by atoms with E-state index in [0.29, 0.717) is 23.7 Å². The van der Waals surface area contributed by atoms with E-state index in [0.717, 1.165) is 104 Å². The van der Waals surface area contributed by atoms with Crippen molar-refractivity contribution < 1.29 is 23.9 Å². The molecule has 4 aliphatic heterocycles. The second-order valence-corrected chi connectivity index (χ2v) is 16.1. The van der Waals surface area contributed by atoms with Gasteiger partial charge < -0.3 is 14.5 Å². The first kappa shape index (κ1) is 39.5. The minimum absolute atomic E-state index is 0.105. The van der Waals surface area contributed by atoms with Crippen LogP contribution >= 0.6 is 11.6 Å². The maximum Gasteiger partial charge on any atom is 0.262 e. The molecule has 58 heavy (non-hydrogen) atoms. The largest absolute Gasteiger partial charge is 0.492 e. The number of hydrogen-bond acceptors (Lipinski definition) is 8. The maximum atomic E-state index is 13.3. The van der Waals surface area contributed by atoms with Gasteiger partial charge in [-0.05, 0) is 102 Å². The number of piperidine rings is 2. The Balaban J connectivity index is 0.787. The van der Waals surface area contributed by atoms with Crippen LogP contribution < -0.4 is 15.0 Å². The van der Waals surface area contributed by atoms with Crippen LogP contribution in [0.3, 0.4) is 0 Å². The third-order valence-electron chi connectivity index (χ3n) is 12.1. The fourth-order valence-corrected chi connectivity index (χ4v) is 9.02. The summed E-state index contributed by atoms with van der Waals surface area (Å²) in [5.41, 5.74) is 7.56. The van der Waals surface area contributed by atoms with Gasteiger partial charge in [0.05, 0.1) is 11.1 Å². The molecule has 10 nitrogen and oxygen atoms in total. The number of hydrogen-bond donors (Lipinski definition) is 1. The summed E-state index contributed by atoms with van der Waals surface area (Å²) >= 11 is 6.26. The highest BCUT2D eigenvalue weighted by Crippen LogP contribution is 2.36. The number of nitrogens with one attached hydrogen (secondary N) is 1. The lowest BCUT2D eigenvalue weighted by atomic mass is 9.88. The molecule has 4 aromatic carbocycles. The summed E-state index contributed by atoms with van der Waals surface area (Å²) in [7, 11) is 0. The van der Waals surface area contributed by atoms with Gasteiger partial charge in [-0.25, -0.2) is 0 Å². The standard InChI is InChI=1S/C47H50ClN5O5/c1-2-39(33-6-4-3-5-7-33)44(34-8-12-36(48)13-9-34)35-10-15-38(16-11-35)58-29-28-50-24-26-51(27-25-50)31-32-20-22-52(23-21-32)37-14-17-40-41(30-37)47(57)53(46(40)56)42-18-19-43(54)49-45(42)55/h3-17,30,32,42H,2,18-29,31H2,1H3,(H,49,54,55)/b44-39-. The molecule has 0 spiro atoms. The topological polar surface area (TPSA) is 102 Å². The lowest BCUT2D eigenvalue weighted by Crippen LogP contribution is -2.54. The van der Waals surface area contributed by atoms with Crippen molar-refractivity contribution in [2.24, 2.45) is 5.92 Å². The first-order chi connectivity index (χ1) is 28.2. The van der Waals surface area contributed by atoms with Gasteiger partial charge in [0.25, 0.3) is 11.8 Å². The number of benzene rings is 4. The van der Waals surface area contributed by atoms with Gasteiger partial charge in [0.1, 0.15) is 18.4 Å². The van der Waals surface area contributed by atoms with Crippen molar-refractivity contribution in [3.05, 3.63) is 130 Å². The molecule has 300 valence electrons. The van der Waals surface area contributed by atoms with Crippen LogP contribution in [-0.2, 0) is 9.59 Å². The molecule has 0 aliphatic carbocycles. The zero-order valence-corrected chi connectivity index (χ0v) is 33.8. The Morgan fingerprint density at radius 3 is 2.05 bits per heavy atom. The van der Waals surface area contributed by atoms with E-state index in [1.807, 2.05) is 18.2 Å². The second-order valence-electron chi connectivity index (χ2n) is 15.7. The molecule has 0 aromatic heterocycles. The van der Waals surface area contributed by atoms with Crippen molar-refractivity contribution in [2.45, 2.75) is 45.1 Å². The summed E-state index contributed by atoms with van der Waals surface area (Å²) in [5.74, 6) is -0.436. The van der Waals surface area contributed by atoms with Gasteiger partial charge in [-0.15, -0.1) is 0 Å². The van der Waals surface area contributed by atoms with Gasteiger partial charge in [-0.1, -0.05) is 73.1 Å². The van der Waals surface area contributed by atoms with Gasteiger partial charge in [0, 0.05) is 69.5 Å². The van der Waals surface area contributed by atoms with Crippen LogP contribution in [0.4, 0.5) is 5.69 Å². The number of allylic oxidation sites excluding steroid dienone is 1. The third kappa shape index (κ3) is 8.60. The molecule has 0 bridgehead atoms. The Kier molecular flexibility index (Phi) is 12.1. The number of ether oxygens (including phenoxy) is 1. The van der Waals surface area contributed by atoms with Crippen LogP contribution in [0.1, 0.15) is 76.4 Å². The van der Waals surface area contributed by atoms with Gasteiger partial charge in [0.2, 0.25) is 11.8 Å². The Labute approximate surface area is 345 Å². The Bertz CT molecular complexity index is 2180. The minimum Gasteiger partial charge on any atom is -0.492 e. The number of carbonyl (C=O) groups is 4. The lowest BCUT2D eigenvalue weighted by molar-refractivity contribution is -0.136. The van der Waals surface area contributed by atoms with Crippen LogP contribution in [0.2, 0.25) is 5.02 Å². The van der Waals surface area contributed by atoms with Gasteiger partial charge in [0.15, 0.2) is 0 Å². The molecule has 0 radical (unpaired) electrons. The lowest BCUT2D eigenvalue weighted by Gasteiger charge is -2.39. The zero-order valence-electron chi connectivity index (χ0n) is 33.0. The number of rotatable bonds is 12. The van der Waals surface area contributed by atoms with E-state index in [1.54, 1.807) is 12.1 Å². The van der Waals surface area contributed by atoms with Gasteiger partial charge in [-0.2, -0.15) is 0 Å². The number of halogens is 1. The van der Waals surface area contributed by atoms with E-state index >= 15 is 0 Å². The van der Waals surface area contributed by atoms with Gasteiger partial charge in [-0.3, -0.25) is 34.3 Å². The van der Waals surface area contributed by atoms with E-state index in [2.05, 4.69) is 93.7 Å². The van der Waals surface area contributed by atoms with Crippen molar-refractivity contribution >= 4 is 52.1 Å². The Hall–Kier alpha value is -5.29. The molecular formula is C47H50ClN5O5. The fraction of sp³-hybridized carbons (Fsp3) is 0.362. The van der Waals surface area contributed by atoms with Crippen molar-refractivity contribution in [1.29, 1.82) is 0 Å². The highest BCUT2D eigenvalue weighted by Gasteiger charge is 2.45. The average molecular weight is 800 g/mol. The predicted molar refractivity (Wildman–Crippen MR) is 227 cm³/mol. The summed E-state index contributed by atoms with van der Waals surface area (Å²) in [4.78, 5) is 58.9. The highest BCUT2D eigenvalue weighted by atomic mass is 35.5. The SMILES string of the molecule is CC/C(=C(\c1ccc(Cl)cc1)c1ccc(OCCN2CCN(CC3CCN(c4ccc5c(c4)C(=O)N(C4CCC(=O)NC4=O)C5=O)CC3)CC2)cc1)c1ccccc1. The van der Waals surface area contributed by atoms with Crippen LogP contribution in [0.5, 0.6) is 5.75 Å². The van der Waals surface area contributed by atoms with Crippen LogP contribution in [0.15, 0.2) is 97.1 Å². The summed E-state index contributed by atoms with van der Waals surface area (Å²) < 4.78 is 6.25. The number of imide groups is 2. The molecule has 1 unspecified atom stereocenters. The van der Waals surface area contributed by atoms with Crippen molar-refractivity contribution in [2.75, 3.05) is 63.9 Å². The molecule has 8 rings (SSSR count). The molecule has 4 aromatic rings. The maximum absolute atomic E-state index is 13.3. The monoisotopic (exact) mass is 799 g/mol. The summed E-state index contributed by atoms with van der Waals surface area (Å²) in [6, 6.07) is 31.6. The molecule has 4 aliphatic rings. The highest BCUT2D eigenvalue weighted by molar-refractivity contribution is 6.30. The summed E-state index contributed by atoms with van der Waals surface area (Å²) in [6.45, 7) is 10.7. The quantitative estimate of drug-likeness (QED) is 0.121. The number of nitrogens with zero attached hydrogens (tertiary/aromatic N) is 4. The zero-order chi connectivity index (χ0) is 40.2. The summed E-state index contributed by atoms with van der Waals surface area (Å²) in [5, 5.41) is 2.98. The van der Waals surface area contributed by atoms with Crippen molar-refractivity contribution in [3.63, 3.8) is 0 Å². The summed E-state index contributed by atoms with van der Waals surface area (Å²) in [6.07, 6.45) is 3.27. The molecule has 3 saturated heterocycles.